The largest absolute Gasteiger partial charge is 0.411 e. The van der Waals surface area contributed by atoms with Gasteiger partial charge in [0.05, 0.1) is 6.61 Å². The van der Waals surface area contributed by atoms with Crippen molar-refractivity contribution < 1.29 is 17.9 Å². The third-order valence-electron chi connectivity index (χ3n) is 1.36. The first-order chi connectivity index (χ1) is 6.56. The first kappa shape index (κ1) is 13.3. The lowest BCUT2D eigenvalue weighted by Gasteiger charge is -2.07. The van der Waals surface area contributed by atoms with Crippen LogP contribution in [0.5, 0.6) is 0 Å². The molecule has 1 N–H and O–H groups in total. The highest BCUT2D eigenvalue weighted by Gasteiger charge is 2.26. The van der Waals surface area contributed by atoms with Crippen LogP contribution in [0.25, 0.3) is 0 Å². The molecule has 0 aliphatic rings. The van der Waals surface area contributed by atoms with Gasteiger partial charge in [-0.1, -0.05) is 0 Å². The Morgan fingerprint density at radius 2 is 2.00 bits per heavy atom. The van der Waals surface area contributed by atoms with Gasteiger partial charge < -0.3 is 10.1 Å². The van der Waals surface area contributed by atoms with E-state index in [1.807, 2.05) is 0 Å². The first-order valence-corrected chi connectivity index (χ1v) is 4.35. The number of ether oxygens (including phenoxy) is 1. The highest BCUT2D eigenvalue weighted by atomic mass is 19.4. The van der Waals surface area contributed by atoms with Crippen LogP contribution in [0.15, 0.2) is 0 Å². The summed E-state index contributed by atoms with van der Waals surface area (Å²) in [5.41, 5.74) is 0. The predicted octanol–water partition coefficient (Wildman–Crippen LogP) is 1.57. The number of halogens is 3. The van der Waals surface area contributed by atoms with Gasteiger partial charge in [-0.25, -0.2) is 0 Å². The Bertz CT molecular complexity index is 174. The zero-order valence-corrected chi connectivity index (χ0v) is 7.86. The van der Waals surface area contributed by atoms with E-state index in [1.165, 1.54) is 0 Å². The van der Waals surface area contributed by atoms with Crippen LogP contribution in [0.3, 0.4) is 0 Å². The number of terminal acetylenes is 1. The molecule has 0 spiro atoms. The van der Waals surface area contributed by atoms with Crippen LogP contribution < -0.4 is 5.32 Å². The summed E-state index contributed by atoms with van der Waals surface area (Å²) in [6.45, 7) is 0.00876. The molecule has 0 atom stereocenters. The molecule has 82 valence electrons. The van der Waals surface area contributed by atoms with Gasteiger partial charge in [-0.05, 0) is 13.0 Å². The molecule has 0 bridgehead atoms. The highest BCUT2D eigenvalue weighted by molar-refractivity contribution is 4.83. The van der Waals surface area contributed by atoms with E-state index in [1.54, 1.807) is 0 Å². The molecule has 0 radical (unpaired) electrons. The lowest BCUT2D eigenvalue weighted by Crippen LogP contribution is -2.24. The molecular weight excluding hydrogens is 195 g/mol. The molecule has 0 unspecified atom stereocenters. The zero-order chi connectivity index (χ0) is 10.9. The molecule has 0 amide bonds. The molecule has 0 fully saturated rings. The normalized spacial score (nSPS) is 11.3. The summed E-state index contributed by atoms with van der Waals surface area (Å²) in [4.78, 5) is 0. The molecule has 0 aliphatic heterocycles. The number of hydrogen-bond acceptors (Lipinski definition) is 2. The minimum atomic E-state index is -4.23. The van der Waals surface area contributed by atoms with E-state index in [2.05, 4.69) is 16.0 Å². The van der Waals surface area contributed by atoms with Crippen molar-refractivity contribution in [2.75, 3.05) is 26.3 Å². The van der Waals surface area contributed by atoms with Gasteiger partial charge in [0.2, 0.25) is 0 Å². The smallest absolute Gasteiger partial charge is 0.371 e. The van der Waals surface area contributed by atoms with Gasteiger partial charge in [0, 0.05) is 13.0 Å². The van der Waals surface area contributed by atoms with Crippen molar-refractivity contribution in [2.24, 2.45) is 0 Å². The number of hydrogen-bond donors (Lipinski definition) is 1. The summed E-state index contributed by atoms with van der Waals surface area (Å²) in [7, 11) is 0. The number of nitrogens with one attached hydrogen (secondary N) is 1. The molecule has 0 aromatic rings. The van der Waals surface area contributed by atoms with Crippen molar-refractivity contribution in [1.82, 2.24) is 5.32 Å². The summed E-state index contributed by atoms with van der Waals surface area (Å²) in [5, 5.41) is 2.92. The molecule has 0 saturated heterocycles. The number of alkyl halides is 3. The van der Waals surface area contributed by atoms with Gasteiger partial charge in [-0.3, -0.25) is 0 Å². The predicted molar refractivity (Wildman–Crippen MR) is 47.8 cm³/mol. The second-order valence-electron chi connectivity index (χ2n) is 2.73. The van der Waals surface area contributed by atoms with Crippen molar-refractivity contribution >= 4 is 0 Å². The molecule has 5 heteroatoms. The van der Waals surface area contributed by atoms with Gasteiger partial charge >= 0.3 is 6.18 Å². The van der Waals surface area contributed by atoms with E-state index in [4.69, 9.17) is 6.42 Å². The van der Waals surface area contributed by atoms with Crippen molar-refractivity contribution in [3.05, 3.63) is 0 Å². The quantitative estimate of drug-likeness (QED) is 0.507. The monoisotopic (exact) mass is 209 g/mol. The van der Waals surface area contributed by atoms with Crippen molar-refractivity contribution in [2.45, 2.75) is 19.0 Å². The fraction of sp³-hybridized carbons (Fsp3) is 0.778. The van der Waals surface area contributed by atoms with Crippen molar-refractivity contribution in [1.29, 1.82) is 0 Å². The van der Waals surface area contributed by atoms with E-state index in [9.17, 15) is 13.2 Å². The number of rotatable bonds is 7. The standard InChI is InChI=1S/C9H14F3NO/c1-2-3-4-5-13-6-7-14-8-9(10,11)12/h1,13H,3-8H2. The van der Waals surface area contributed by atoms with E-state index >= 15 is 0 Å². The molecule has 0 aromatic heterocycles. The topological polar surface area (TPSA) is 21.3 Å². The Kier molecular flexibility index (Phi) is 7.25. The highest BCUT2D eigenvalue weighted by Crippen LogP contribution is 2.13. The van der Waals surface area contributed by atoms with Gasteiger partial charge in [0.1, 0.15) is 6.61 Å². The Labute approximate surface area is 81.8 Å². The summed E-state index contributed by atoms with van der Waals surface area (Å²) < 4.78 is 39.1. The molecule has 0 aromatic carbocycles. The second kappa shape index (κ2) is 7.65. The Morgan fingerprint density at radius 3 is 2.57 bits per heavy atom. The molecule has 0 rings (SSSR count). The zero-order valence-electron chi connectivity index (χ0n) is 7.86. The minimum Gasteiger partial charge on any atom is -0.371 e. The van der Waals surface area contributed by atoms with Gasteiger partial charge in [0.25, 0.3) is 0 Å². The van der Waals surface area contributed by atoms with Crippen LogP contribution in [0.2, 0.25) is 0 Å². The van der Waals surface area contributed by atoms with Crippen LogP contribution in [0.4, 0.5) is 13.2 Å². The Morgan fingerprint density at radius 1 is 1.29 bits per heavy atom. The van der Waals surface area contributed by atoms with Gasteiger partial charge in [-0.2, -0.15) is 13.2 Å². The lowest BCUT2D eigenvalue weighted by molar-refractivity contribution is -0.173. The van der Waals surface area contributed by atoms with Crippen LogP contribution in [-0.4, -0.2) is 32.5 Å². The molecule has 0 saturated carbocycles. The summed E-state index contributed by atoms with van der Waals surface area (Å²) in [5.74, 6) is 2.47. The fourth-order valence-corrected chi connectivity index (χ4v) is 0.773. The Hall–Kier alpha value is -0.730. The maximum absolute atomic E-state index is 11.6. The van der Waals surface area contributed by atoms with Gasteiger partial charge in [0.15, 0.2) is 0 Å². The summed E-state index contributed by atoms with van der Waals surface area (Å²) in [6.07, 6.45) is 2.28. The second-order valence-corrected chi connectivity index (χ2v) is 2.73. The fourth-order valence-electron chi connectivity index (χ4n) is 0.773. The van der Waals surface area contributed by atoms with E-state index in [0.717, 1.165) is 6.42 Å². The third kappa shape index (κ3) is 11.3. The van der Waals surface area contributed by atoms with Crippen LogP contribution >= 0.6 is 0 Å². The third-order valence-corrected chi connectivity index (χ3v) is 1.36. The van der Waals surface area contributed by atoms with Crippen LogP contribution in [-0.2, 0) is 4.74 Å². The SMILES string of the molecule is C#CCCCNCCOCC(F)(F)F. The molecular formula is C9H14F3NO. The van der Waals surface area contributed by atoms with E-state index in [0.29, 0.717) is 19.5 Å². The van der Waals surface area contributed by atoms with Crippen LogP contribution in [0, 0.1) is 12.3 Å². The first-order valence-electron chi connectivity index (χ1n) is 4.35. The maximum Gasteiger partial charge on any atom is 0.411 e. The number of unbranched alkanes of at least 4 members (excludes halogenated alkanes) is 1. The van der Waals surface area contributed by atoms with E-state index in [-0.39, 0.29) is 6.61 Å². The van der Waals surface area contributed by atoms with Crippen LogP contribution in [0.1, 0.15) is 12.8 Å². The maximum atomic E-state index is 11.6. The lowest BCUT2D eigenvalue weighted by atomic mass is 10.3. The molecule has 2 nitrogen and oxygen atoms in total. The minimum absolute atomic E-state index is 0.0650. The average molecular weight is 209 g/mol. The van der Waals surface area contributed by atoms with Crippen molar-refractivity contribution in [3.8, 4) is 12.3 Å². The van der Waals surface area contributed by atoms with Crippen molar-refractivity contribution in [3.63, 3.8) is 0 Å². The molecule has 0 heterocycles. The summed E-state index contributed by atoms with van der Waals surface area (Å²) in [6, 6.07) is 0. The van der Waals surface area contributed by atoms with E-state index < -0.39 is 12.8 Å². The molecule has 0 aliphatic carbocycles. The van der Waals surface area contributed by atoms with Gasteiger partial charge in [-0.15, -0.1) is 12.3 Å². The average Bonchev–Trinajstić information content (AvgIpc) is 2.08. The molecule has 14 heavy (non-hydrogen) atoms. The summed E-state index contributed by atoms with van der Waals surface area (Å²) >= 11 is 0. The Balaban J connectivity index is 3.04.